The van der Waals surface area contributed by atoms with Crippen LogP contribution in [-0.2, 0) is 23.8 Å². The molecular weight excluding hydrogens is 530 g/mol. The quantitative estimate of drug-likeness (QED) is 0.343. The van der Waals surface area contributed by atoms with E-state index in [1.807, 2.05) is 27.7 Å². The molecule has 0 aromatic carbocycles. The maximum Gasteiger partial charge on any atom is 0.308 e. The van der Waals surface area contributed by atoms with E-state index in [9.17, 15) is 30.0 Å². The number of esters is 1. The minimum atomic E-state index is -1.18. The fourth-order valence-corrected chi connectivity index (χ4v) is 5.97. The number of cyclic esters (lactones) is 1. The number of nitrogens with zero attached hydrogens (tertiary/aromatic N) is 1. The molecule has 0 saturated carbocycles. The van der Waals surface area contributed by atoms with Crippen LogP contribution in [0.4, 0.5) is 0 Å². The van der Waals surface area contributed by atoms with Gasteiger partial charge < -0.3 is 39.5 Å². The van der Waals surface area contributed by atoms with Crippen molar-refractivity contribution >= 4 is 11.8 Å². The maximum atomic E-state index is 13.1. The largest absolute Gasteiger partial charge is 0.462 e. The second-order valence-corrected chi connectivity index (χ2v) is 12.1. The first-order valence-electron chi connectivity index (χ1n) is 15.0. The van der Waals surface area contributed by atoms with E-state index in [0.717, 1.165) is 5.57 Å². The van der Waals surface area contributed by atoms with Gasteiger partial charge in [-0.2, -0.15) is 0 Å². The van der Waals surface area contributed by atoms with Crippen LogP contribution in [0.2, 0.25) is 0 Å². The smallest absolute Gasteiger partial charge is 0.308 e. The van der Waals surface area contributed by atoms with Crippen LogP contribution in [0.25, 0.3) is 0 Å². The summed E-state index contributed by atoms with van der Waals surface area (Å²) in [5, 5.41) is 43.0. The summed E-state index contributed by atoms with van der Waals surface area (Å²) in [6.45, 7) is 10.8. The first-order chi connectivity index (χ1) is 19.2. The Bertz CT molecular complexity index is 906. The molecular formula is C31H53NO9. The number of aliphatic hydroxyl groups is 4. The summed E-state index contributed by atoms with van der Waals surface area (Å²) in [7, 11) is 3.52. The van der Waals surface area contributed by atoms with E-state index < -0.39 is 66.8 Å². The number of allylic oxidation sites excluding steroid dienone is 3. The van der Waals surface area contributed by atoms with Crippen molar-refractivity contribution in [2.45, 2.75) is 116 Å². The number of carbonyl (C=O) groups excluding carboxylic acids is 2. The fourth-order valence-electron chi connectivity index (χ4n) is 5.97. The third-order valence-corrected chi connectivity index (χ3v) is 8.69. The first kappa shape index (κ1) is 35.5. The van der Waals surface area contributed by atoms with E-state index in [-0.39, 0.29) is 30.6 Å². The summed E-state index contributed by atoms with van der Waals surface area (Å²) in [4.78, 5) is 27.8. The zero-order valence-electron chi connectivity index (χ0n) is 26.0. The Hall–Kier alpha value is -1.66. The Labute approximate surface area is 245 Å². The average Bonchev–Trinajstić information content (AvgIpc) is 2.92. The normalized spacial score (nSPS) is 42.4. The molecule has 0 aromatic heterocycles. The lowest BCUT2D eigenvalue weighted by Crippen LogP contribution is -2.63. The molecule has 0 spiro atoms. The molecule has 1 fully saturated rings. The van der Waals surface area contributed by atoms with E-state index in [2.05, 4.69) is 0 Å². The summed E-state index contributed by atoms with van der Waals surface area (Å²) in [6, 6.07) is -0.641. The van der Waals surface area contributed by atoms with Gasteiger partial charge in [0, 0.05) is 17.8 Å². The molecule has 0 aliphatic carbocycles. The number of carbonyl (C=O) groups is 2. The maximum absolute atomic E-state index is 13.1. The van der Waals surface area contributed by atoms with Crippen LogP contribution in [0.15, 0.2) is 23.8 Å². The number of likely N-dealkylation sites (N-methyl/N-ethyl adjacent to an activating group) is 1. The van der Waals surface area contributed by atoms with Crippen molar-refractivity contribution in [1.29, 1.82) is 0 Å². The minimum Gasteiger partial charge on any atom is -0.462 e. The molecule has 12 atom stereocenters. The lowest BCUT2D eigenvalue weighted by atomic mass is 9.80. The van der Waals surface area contributed by atoms with Crippen LogP contribution in [-0.4, -0.2) is 107 Å². The van der Waals surface area contributed by atoms with E-state index in [0.29, 0.717) is 19.3 Å². The van der Waals surface area contributed by atoms with Gasteiger partial charge in [-0.1, -0.05) is 51.8 Å². The second kappa shape index (κ2) is 16.3. The molecule has 236 valence electrons. The van der Waals surface area contributed by atoms with Crippen LogP contribution in [0.5, 0.6) is 0 Å². The zero-order chi connectivity index (χ0) is 31.0. The molecule has 2 rings (SSSR count). The van der Waals surface area contributed by atoms with Gasteiger partial charge in [-0.15, -0.1) is 0 Å². The SMILES string of the molecule is CC[C@H]1C[C@@H](C)C(=O)/C=C/C(C)=C/[C@H](CO)[C@@H](CC)OC(=O)C[C@@H](O)[C@H](C)[C@H]1O[C@@H]1O[C@H](C)[C@@H](O)[C@H](N(C)C)[C@H]1O. The number of rotatable bonds is 6. The van der Waals surface area contributed by atoms with Gasteiger partial charge in [-0.05, 0) is 52.8 Å². The molecule has 41 heavy (non-hydrogen) atoms. The Balaban J connectivity index is 2.47. The molecule has 10 heteroatoms. The topological polar surface area (TPSA) is 146 Å². The number of hydrogen-bond donors (Lipinski definition) is 4. The summed E-state index contributed by atoms with van der Waals surface area (Å²) >= 11 is 0. The zero-order valence-corrected chi connectivity index (χ0v) is 26.0. The molecule has 0 bridgehead atoms. The van der Waals surface area contributed by atoms with Gasteiger partial charge in [0.25, 0.3) is 0 Å². The lowest BCUT2D eigenvalue weighted by Gasteiger charge is -2.46. The Morgan fingerprint density at radius 2 is 1.68 bits per heavy atom. The van der Waals surface area contributed by atoms with Gasteiger partial charge in [-0.25, -0.2) is 0 Å². The predicted molar refractivity (Wildman–Crippen MR) is 155 cm³/mol. The summed E-state index contributed by atoms with van der Waals surface area (Å²) in [5.74, 6) is -2.28. The van der Waals surface area contributed by atoms with Crippen LogP contribution in [0, 0.1) is 23.7 Å². The summed E-state index contributed by atoms with van der Waals surface area (Å²) in [6.07, 6.45) is 0.0171. The van der Waals surface area contributed by atoms with Crippen LogP contribution < -0.4 is 0 Å². The van der Waals surface area contributed by atoms with E-state index in [4.69, 9.17) is 14.2 Å². The van der Waals surface area contributed by atoms with Crippen LogP contribution >= 0.6 is 0 Å². The van der Waals surface area contributed by atoms with Crippen molar-refractivity contribution in [2.24, 2.45) is 23.7 Å². The molecule has 4 N–H and O–H groups in total. The second-order valence-electron chi connectivity index (χ2n) is 12.1. The van der Waals surface area contributed by atoms with Crippen molar-refractivity contribution in [3.8, 4) is 0 Å². The molecule has 2 aliphatic heterocycles. The van der Waals surface area contributed by atoms with Crippen LogP contribution in [0.1, 0.15) is 67.2 Å². The van der Waals surface area contributed by atoms with Gasteiger partial charge >= 0.3 is 5.97 Å². The number of ether oxygens (including phenoxy) is 3. The van der Waals surface area contributed by atoms with Gasteiger partial charge in [-0.3, -0.25) is 9.59 Å². The molecule has 1 saturated heterocycles. The standard InChI is InChI=1S/C31H53NO9/c1-9-21-14-18(4)23(34)12-11-17(3)13-22(16-33)25(10-2)40-26(36)15-24(35)19(5)30(21)41-31-29(38)27(32(7)8)28(37)20(6)39-31/h11-13,18-22,24-25,27-31,33,35,37-38H,9-10,14-16H2,1-8H3/b12-11+,17-13+/t18-,19+,20-,21+,22-,24-,25-,27+,28-,29-,30-,31+/m1/s1. The summed E-state index contributed by atoms with van der Waals surface area (Å²) in [5.41, 5.74) is 0.767. The van der Waals surface area contributed by atoms with Crippen molar-refractivity contribution in [1.82, 2.24) is 4.90 Å². The monoisotopic (exact) mass is 583 g/mol. The number of hydrogen-bond acceptors (Lipinski definition) is 10. The number of aliphatic hydroxyl groups excluding tert-OH is 4. The molecule has 2 heterocycles. The highest BCUT2D eigenvalue weighted by Crippen LogP contribution is 2.34. The van der Waals surface area contributed by atoms with Gasteiger partial charge in [0.1, 0.15) is 12.2 Å². The molecule has 2 aliphatic rings. The van der Waals surface area contributed by atoms with E-state index in [1.54, 1.807) is 45.0 Å². The molecule has 0 unspecified atom stereocenters. The first-order valence-corrected chi connectivity index (χ1v) is 15.0. The highest BCUT2D eigenvalue weighted by atomic mass is 16.7. The van der Waals surface area contributed by atoms with Crippen molar-refractivity contribution in [3.63, 3.8) is 0 Å². The van der Waals surface area contributed by atoms with Gasteiger partial charge in [0.05, 0.1) is 43.5 Å². The van der Waals surface area contributed by atoms with Crippen LogP contribution in [0.3, 0.4) is 0 Å². The van der Waals surface area contributed by atoms with Crippen molar-refractivity contribution in [3.05, 3.63) is 23.8 Å². The highest BCUT2D eigenvalue weighted by molar-refractivity contribution is 5.91. The summed E-state index contributed by atoms with van der Waals surface area (Å²) < 4.78 is 18.1. The lowest BCUT2D eigenvalue weighted by molar-refractivity contribution is -0.304. The Morgan fingerprint density at radius 3 is 2.24 bits per heavy atom. The molecule has 10 nitrogen and oxygen atoms in total. The fraction of sp³-hybridized carbons (Fsp3) is 0.806. The minimum absolute atomic E-state index is 0.0624. The third-order valence-electron chi connectivity index (χ3n) is 8.69. The Morgan fingerprint density at radius 1 is 1.02 bits per heavy atom. The predicted octanol–water partition coefficient (Wildman–Crippen LogP) is 2.22. The van der Waals surface area contributed by atoms with Crippen molar-refractivity contribution in [2.75, 3.05) is 20.7 Å². The third kappa shape index (κ3) is 9.41. The average molecular weight is 584 g/mol. The van der Waals surface area contributed by atoms with Crippen molar-refractivity contribution < 1.29 is 44.2 Å². The van der Waals surface area contributed by atoms with E-state index >= 15 is 0 Å². The number of ketones is 1. The Kier molecular flexibility index (Phi) is 14.1. The van der Waals surface area contributed by atoms with Gasteiger partial charge in [0.2, 0.25) is 0 Å². The molecule has 0 radical (unpaired) electrons. The molecule has 0 aromatic rings. The highest BCUT2D eigenvalue weighted by Gasteiger charge is 2.47. The molecule has 0 amide bonds. The van der Waals surface area contributed by atoms with E-state index in [1.165, 1.54) is 6.08 Å². The van der Waals surface area contributed by atoms with Gasteiger partial charge in [0.15, 0.2) is 12.1 Å².